The number of nitrogens with zero attached hydrogens (tertiary/aromatic N) is 4. The Labute approximate surface area is 204 Å². The summed E-state index contributed by atoms with van der Waals surface area (Å²) in [4.78, 5) is 38.4. The monoisotopic (exact) mass is 473 g/mol. The van der Waals surface area contributed by atoms with Crippen LogP contribution in [-0.2, 0) is 11.2 Å². The maximum absolute atomic E-state index is 13.6. The van der Waals surface area contributed by atoms with Gasteiger partial charge in [-0.05, 0) is 67.6 Å². The fraction of sp³-hybridized carbons (Fsp3) is 0.333. The number of aromatic nitrogens is 2. The lowest BCUT2D eigenvalue weighted by atomic mass is 9.75. The Kier molecular flexibility index (Phi) is 6.19. The van der Waals surface area contributed by atoms with Gasteiger partial charge in [0, 0.05) is 49.8 Å². The predicted molar refractivity (Wildman–Crippen MR) is 131 cm³/mol. The molecule has 0 aliphatic carbocycles. The summed E-state index contributed by atoms with van der Waals surface area (Å²) in [5.41, 5.74) is 1.77. The molecule has 35 heavy (non-hydrogen) atoms. The Balaban J connectivity index is 1.23. The molecule has 3 aromatic rings. The van der Waals surface area contributed by atoms with Crippen molar-refractivity contribution in [1.29, 1.82) is 0 Å². The second kappa shape index (κ2) is 9.44. The molecular formula is C27H28FN5O2. The van der Waals surface area contributed by atoms with Gasteiger partial charge in [0.15, 0.2) is 0 Å². The lowest BCUT2D eigenvalue weighted by molar-refractivity contribution is -0.137. The molecule has 2 fully saturated rings. The average Bonchev–Trinajstić information content (AvgIpc) is 3.09. The van der Waals surface area contributed by atoms with E-state index in [-0.39, 0.29) is 23.7 Å². The quantitative estimate of drug-likeness (QED) is 0.605. The molecule has 3 heterocycles. The maximum Gasteiger partial charge on any atom is 0.253 e. The van der Waals surface area contributed by atoms with E-state index in [9.17, 15) is 14.0 Å². The summed E-state index contributed by atoms with van der Waals surface area (Å²) in [5.74, 6) is 0.299. The van der Waals surface area contributed by atoms with E-state index >= 15 is 0 Å². The third kappa shape index (κ3) is 4.73. The largest absolute Gasteiger partial charge is 0.342 e. The Morgan fingerprint density at radius 1 is 1.09 bits per heavy atom. The van der Waals surface area contributed by atoms with Crippen LogP contribution in [0.25, 0.3) is 0 Å². The number of piperidine rings is 1. The number of anilines is 2. The number of carbonyl (C=O) groups excluding carboxylic acids is 2. The first-order valence-electron chi connectivity index (χ1n) is 11.9. The molecule has 1 aromatic heterocycles. The Morgan fingerprint density at radius 2 is 1.83 bits per heavy atom. The van der Waals surface area contributed by atoms with Crippen molar-refractivity contribution in [1.82, 2.24) is 19.8 Å². The minimum absolute atomic E-state index is 0.0366. The van der Waals surface area contributed by atoms with E-state index in [1.807, 2.05) is 35.0 Å². The van der Waals surface area contributed by atoms with E-state index in [4.69, 9.17) is 0 Å². The van der Waals surface area contributed by atoms with Crippen LogP contribution in [0.3, 0.4) is 0 Å². The molecule has 0 radical (unpaired) electrons. The van der Waals surface area contributed by atoms with Crippen molar-refractivity contribution in [3.05, 3.63) is 83.9 Å². The van der Waals surface area contributed by atoms with Gasteiger partial charge >= 0.3 is 0 Å². The zero-order valence-electron chi connectivity index (χ0n) is 19.7. The molecule has 2 aliphatic heterocycles. The number of hydrogen-bond acceptors (Lipinski definition) is 5. The summed E-state index contributed by atoms with van der Waals surface area (Å²) >= 11 is 0. The van der Waals surface area contributed by atoms with Gasteiger partial charge in [-0.25, -0.2) is 14.4 Å². The standard InChI is InChI=1S/C27H28FN5O2/c1-32-23(16-19-5-2-7-21(28)15-19)18-27(25(32)35)9-13-33(14-10-27)24(34)20-6-3-8-22(17-20)31-26-29-11-4-12-30-26/h2-8,11-12,15,17,23H,9-10,13-14,16,18H2,1H3,(H,29,30,31)/t23-/m0/s1. The Bertz CT molecular complexity index is 1230. The third-order valence-electron chi connectivity index (χ3n) is 7.25. The van der Waals surface area contributed by atoms with Gasteiger partial charge in [-0.1, -0.05) is 18.2 Å². The van der Waals surface area contributed by atoms with E-state index in [2.05, 4.69) is 15.3 Å². The topological polar surface area (TPSA) is 78.4 Å². The molecule has 1 atom stereocenters. The highest BCUT2D eigenvalue weighted by molar-refractivity contribution is 5.95. The molecule has 5 rings (SSSR count). The number of carbonyl (C=O) groups is 2. The summed E-state index contributed by atoms with van der Waals surface area (Å²) in [6.07, 6.45) is 5.94. The van der Waals surface area contributed by atoms with E-state index in [1.165, 1.54) is 12.1 Å². The summed E-state index contributed by atoms with van der Waals surface area (Å²) in [6.45, 7) is 1.06. The van der Waals surface area contributed by atoms with Crippen LogP contribution in [0.2, 0.25) is 0 Å². The van der Waals surface area contributed by atoms with Gasteiger partial charge in [0.05, 0.1) is 5.41 Å². The Hall–Kier alpha value is -3.81. The van der Waals surface area contributed by atoms with Crippen molar-refractivity contribution in [2.75, 3.05) is 25.5 Å². The van der Waals surface area contributed by atoms with Crippen LogP contribution in [-0.4, -0.2) is 57.8 Å². The normalized spacial score (nSPS) is 19.3. The second-order valence-corrected chi connectivity index (χ2v) is 9.46. The summed E-state index contributed by atoms with van der Waals surface area (Å²) in [7, 11) is 1.84. The lowest BCUT2D eigenvalue weighted by Gasteiger charge is -2.37. The third-order valence-corrected chi connectivity index (χ3v) is 7.25. The first kappa shape index (κ1) is 23.0. The zero-order chi connectivity index (χ0) is 24.4. The molecule has 0 unspecified atom stereocenters. The number of amides is 2. The van der Waals surface area contributed by atoms with Crippen LogP contribution in [0.5, 0.6) is 0 Å². The maximum atomic E-state index is 13.6. The van der Waals surface area contributed by atoms with Gasteiger partial charge in [-0.15, -0.1) is 0 Å². The lowest BCUT2D eigenvalue weighted by Crippen LogP contribution is -2.46. The fourth-order valence-corrected chi connectivity index (χ4v) is 5.32. The van der Waals surface area contributed by atoms with Crippen molar-refractivity contribution >= 4 is 23.5 Å². The van der Waals surface area contributed by atoms with Crippen molar-refractivity contribution in [3.8, 4) is 0 Å². The highest BCUT2D eigenvalue weighted by Crippen LogP contribution is 2.45. The van der Waals surface area contributed by atoms with Crippen LogP contribution in [0.4, 0.5) is 16.0 Å². The SMILES string of the molecule is CN1C(=O)C2(CCN(C(=O)c3cccc(Nc4ncccn4)c3)CC2)C[C@@H]1Cc1cccc(F)c1. The first-order chi connectivity index (χ1) is 16.9. The van der Waals surface area contributed by atoms with Crippen molar-refractivity contribution < 1.29 is 14.0 Å². The molecule has 0 saturated carbocycles. The van der Waals surface area contributed by atoms with Crippen LogP contribution < -0.4 is 5.32 Å². The summed E-state index contributed by atoms with van der Waals surface area (Å²) < 4.78 is 13.6. The van der Waals surface area contributed by atoms with E-state index < -0.39 is 5.41 Å². The van der Waals surface area contributed by atoms with Crippen molar-refractivity contribution in [2.45, 2.75) is 31.7 Å². The van der Waals surface area contributed by atoms with Gasteiger partial charge in [-0.2, -0.15) is 0 Å². The number of likely N-dealkylation sites (tertiary alicyclic amines) is 2. The van der Waals surface area contributed by atoms with E-state index in [1.54, 1.807) is 36.7 Å². The van der Waals surface area contributed by atoms with Gasteiger partial charge in [0.1, 0.15) is 5.82 Å². The van der Waals surface area contributed by atoms with E-state index in [0.29, 0.717) is 43.9 Å². The second-order valence-electron chi connectivity index (χ2n) is 9.46. The van der Waals surface area contributed by atoms with Gasteiger partial charge in [0.25, 0.3) is 5.91 Å². The van der Waals surface area contributed by atoms with Gasteiger partial charge < -0.3 is 15.1 Å². The van der Waals surface area contributed by atoms with E-state index in [0.717, 1.165) is 17.7 Å². The molecule has 7 nitrogen and oxygen atoms in total. The van der Waals surface area contributed by atoms with Gasteiger partial charge in [-0.3, -0.25) is 9.59 Å². The summed E-state index contributed by atoms with van der Waals surface area (Å²) in [6, 6.07) is 15.7. The van der Waals surface area contributed by atoms with Crippen molar-refractivity contribution in [2.24, 2.45) is 5.41 Å². The molecule has 2 amide bonds. The molecule has 1 N–H and O–H groups in total. The zero-order valence-corrected chi connectivity index (χ0v) is 19.7. The molecule has 1 spiro atoms. The fourth-order valence-electron chi connectivity index (χ4n) is 5.32. The molecular weight excluding hydrogens is 445 g/mol. The number of rotatable bonds is 5. The predicted octanol–water partition coefficient (Wildman–Crippen LogP) is 4.06. The van der Waals surface area contributed by atoms with Crippen molar-refractivity contribution in [3.63, 3.8) is 0 Å². The molecule has 180 valence electrons. The number of hydrogen-bond donors (Lipinski definition) is 1. The number of likely N-dealkylation sites (N-methyl/N-ethyl adjacent to an activating group) is 1. The number of benzene rings is 2. The first-order valence-corrected chi connectivity index (χ1v) is 11.9. The number of halogens is 1. The minimum Gasteiger partial charge on any atom is -0.342 e. The van der Waals surface area contributed by atoms with Crippen LogP contribution in [0, 0.1) is 11.2 Å². The van der Waals surface area contributed by atoms with Gasteiger partial charge in [0.2, 0.25) is 11.9 Å². The molecule has 2 aliphatic rings. The highest BCUT2D eigenvalue weighted by atomic mass is 19.1. The highest BCUT2D eigenvalue weighted by Gasteiger charge is 2.51. The van der Waals surface area contributed by atoms with Crippen LogP contribution >= 0.6 is 0 Å². The van der Waals surface area contributed by atoms with Crippen LogP contribution in [0.15, 0.2) is 67.0 Å². The van der Waals surface area contributed by atoms with Crippen LogP contribution in [0.1, 0.15) is 35.2 Å². The summed E-state index contributed by atoms with van der Waals surface area (Å²) in [5, 5.41) is 3.11. The smallest absolute Gasteiger partial charge is 0.253 e. The molecule has 2 aromatic carbocycles. The molecule has 8 heteroatoms. The Morgan fingerprint density at radius 3 is 2.57 bits per heavy atom. The molecule has 2 saturated heterocycles. The number of nitrogens with one attached hydrogen (secondary N) is 1. The minimum atomic E-state index is -0.447. The average molecular weight is 474 g/mol. The molecule has 0 bridgehead atoms.